The number of nitrogens with one attached hydrogen (secondary N) is 1. The van der Waals surface area contributed by atoms with E-state index in [1.807, 2.05) is 0 Å². The zero-order chi connectivity index (χ0) is 13.9. The third-order valence-corrected chi connectivity index (χ3v) is 3.15. The van der Waals surface area contributed by atoms with E-state index in [0.29, 0.717) is 22.8 Å². The molecule has 1 aliphatic heterocycles. The van der Waals surface area contributed by atoms with Gasteiger partial charge >= 0.3 is 0 Å². The first-order chi connectivity index (χ1) is 9.75. The average molecular weight is 274 g/mol. The van der Waals surface area contributed by atoms with Gasteiger partial charge in [-0.1, -0.05) is 5.16 Å². The first-order valence-electron chi connectivity index (χ1n) is 6.71. The molecule has 4 rings (SSSR count). The molecule has 1 saturated heterocycles. The predicted octanol–water partition coefficient (Wildman–Crippen LogP) is 2.51. The molecule has 1 N–H and O–H groups in total. The molecular formula is C15H15FN2O2. The van der Waals surface area contributed by atoms with E-state index in [1.54, 1.807) is 0 Å². The number of carbonyl (C=O) groups is 1. The summed E-state index contributed by atoms with van der Waals surface area (Å²) < 4.78 is 17.9. The Morgan fingerprint density at radius 2 is 1.90 bits per heavy atom. The number of hydrogen-bond donors (Lipinski definition) is 1. The third-order valence-electron chi connectivity index (χ3n) is 3.15. The summed E-state index contributed by atoms with van der Waals surface area (Å²) in [5, 5.41) is 6.68. The number of carbonyl (C=O) groups excluding carboxylic acids is 1. The van der Waals surface area contributed by atoms with Crippen molar-refractivity contribution in [1.82, 2.24) is 10.5 Å². The van der Waals surface area contributed by atoms with Crippen LogP contribution in [-0.4, -0.2) is 24.0 Å². The average Bonchev–Trinajstić information content (AvgIpc) is 3.37. The van der Waals surface area contributed by atoms with Gasteiger partial charge in [-0.15, -0.1) is 0 Å². The molecule has 0 bridgehead atoms. The highest BCUT2D eigenvalue weighted by Crippen LogP contribution is 2.41. The van der Waals surface area contributed by atoms with Crippen LogP contribution >= 0.6 is 0 Å². The molecule has 2 aromatic rings. The standard InChI is InChI=1S/C13H10FNO2.C2H5N/c14-10-5-3-8(4-6-10)12(16)11-7-15-17-13(11)9-1-2-9;1-2-3-1/h3-7,9H,1-2H2;3H,1-2H2. The summed E-state index contributed by atoms with van der Waals surface area (Å²) in [4.78, 5) is 12.1. The first-order valence-corrected chi connectivity index (χ1v) is 6.71. The van der Waals surface area contributed by atoms with Crippen LogP contribution in [0.15, 0.2) is 35.0 Å². The molecule has 0 unspecified atom stereocenters. The topological polar surface area (TPSA) is 65.0 Å². The lowest BCUT2D eigenvalue weighted by Crippen LogP contribution is -2.02. The Balaban J connectivity index is 0.000000358. The van der Waals surface area contributed by atoms with Crippen molar-refractivity contribution >= 4 is 5.78 Å². The fraction of sp³-hybridized carbons (Fsp3) is 0.333. The van der Waals surface area contributed by atoms with Crippen LogP contribution in [0.4, 0.5) is 4.39 Å². The number of halogens is 1. The van der Waals surface area contributed by atoms with Crippen LogP contribution in [0.25, 0.3) is 0 Å². The van der Waals surface area contributed by atoms with Crippen LogP contribution < -0.4 is 5.32 Å². The van der Waals surface area contributed by atoms with Gasteiger partial charge in [-0.3, -0.25) is 4.79 Å². The summed E-state index contributed by atoms with van der Waals surface area (Å²) in [6.45, 7) is 2.50. The van der Waals surface area contributed by atoms with E-state index in [4.69, 9.17) is 4.52 Å². The summed E-state index contributed by atoms with van der Waals surface area (Å²) in [7, 11) is 0. The minimum atomic E-state index is -0.353. The van der Waals surface area contributed by atoms with Gasteiger partial charge in [-0.2, -0.15) is 0 Å². The lowest BCUT2D eigenvalue weighted by Gasteiger charge is -1.99. The highest BCUT2D eigenvalue weighted by Gasteiger charge is 2.32. The van der Waals surface area contributed by atoms with Gasteiger partial charge in [0.05, 0.1) is 11.8 Å². The molecule has 0 amide bonds. The van der Waals surface area contributed by atoms with E-state index in [2.05, 4.69) is 10.5 Å². The highest BCUT2D eigenvalue weighted by molar-refractivity contribution is 6.09. The van der Waals surface area contributed by atoms with Gasteiger partial charge in [0, 0.05) is 24.6 Å². The van der Waals surface area contributed by atoms with E-state index in [9.17, 15) is 9.18 Å². The number of hydrogen-bond acceptors (Lipinski definition) is 4. The predicted molar refractivity (Wildman–Crippen MR) is 71.2 cm³/mol. The molecule has 1 aromatic carbocycles. The van der Waals surface area contributed by atoms with Crippen molar-refractivity contribution in [2.45, 2.75) is 18.8 Å². The van der Waals surface area contributed by atoms with E-state index in [-0.39, 0.29) is 11.6 Å². The molecule has 2 fully saturated rings. The Hall–Kier alpha value is -2.01. The summed E-state index contributed by atoms with van der Waals surface area (Å²) in [6.07, 6.45) is 3.52. The molecule has 1 aromatic heterocycles. The van der Waals surface area contributed by atoms with Gasteiger partial charge in [0.1, 0.15) is 5.82 Å². The summed E-state index contributed by atoms with van der Waals surface area (Å²) in [6, 6.07) is 5.50. The largest absolute Gasteiger partial charge is 0.360 e. The maximum atomic E-state index is 12.8. The molecule has 1 aliphatic carbocycles. The van der Waals surface area contributed by atoms with Crippen LogP contribution in [0.1, 0.15) is 40.4 Å². The van der Waals surface area contributed by atoms with E-state index in [0.717, 1.165) is 12.8 Å². The van der Waals surface area contributed by atoms with Gasteiger partial charge in [0.25, 0.3) is 0 Å². The summed E-state index contributed by atoms with van der Waals surface area (Å²) in [5.74, 6) is 0.485. The van der Waals surface area contributed by atoms with Gasteiger partial charge in [0.15, 0.2) is 11.5 Å². The van der Waals surface area contributed by atoms with E-state index >= 15 is 0 Å². The molecule has 0 spiro atoms. The SMILES string of the molecule is C1CN1.O=C(c1ccc(F)cc1)c1cnoc1C1CC1. The lowest BCUT2D eigenvalue weighted by atomic mass is 10.0. The Labute approximate surface area is 116 Å². The Bertz CT molecular complexity index is 598. The van der Waals surface area contributed by atoms with Crippen LogP contribution in [0.2, 0.25) is 0 Å². The van der Waals surface area contributed by atoms with Crippen molar-refractivity contribution in [3.63, 3.8) is 0 Å². The monoisotopic (exact) mass is 274 g/mol. The number of nitrogens with zero attached hydrogens (tertiary/aromatic N) is 1. The smallest absolute Gasteiger partial charge is 0.198 e. The lowest BCUT2D eigenvalue weighted by molar-refractivity contribution is 0.103. The van der Waals surface area contributed by atoms with E-state index in [1.165, 1.54) is 43.6 Å². The molecule has 20 heavy (non-hydrogen) atoms. The van der Waals surface area contributed by atoms with Gasteiger partial charge < -0.3 is 9.84 Å². The fourth-order valence-corrected chi connectivity index (χ4v) is 1.82. The second kappa shape index (κ2) is 5.54. The fourth-order valence-electron chi connectivity index (χ4n) is 1.82. The summed E-state index contributed by atoms with van der Waals surface area (Å²) >= 11 is 0. The van der Waals surface area contributed by atoms with Crippen LogP contribution in [0.3, 0.4) is 0 Å². The molecule has 1 saturated carbocycles. The number of aromatic nitrogens is 1. The van der Waals surface area contributed by atoms with Crippen molar-refractivity contribution in [3.8, 4) is 0 Å². The molecule has 2 heterocycles. The second-order valence-corrected chi connectivity index (χ2v) is 4.96. The van der Waals surface area contributed by atoms with Gasteiger partial charge in [-0.25, -0.2) is 4.39 Å². The van der Waals surface area contributed by atoms with Gasteiger partial charge in [0.2, 0.25) is 0 Å². The highest BCUT2D eigenvalue weighted by atomic mass is 19.1. The van der Waals surface area contributed by atoms with E-state index < -0.39 is 0 Å². The zero-order valence-corrected chi connectivity index (χ0v) is 10.9. The molecule has 0 atom stereocenters. The quantitative estimate of drug-likeness (QED) is 0.690. The maximum Gasteiger partial charge on any atom is 0.198 e. The Morgan fingerprint density at radius 1 is 1.25 bits per heavy atom. The molecular weight excluding hydrogens is 259 g/mol. The summed E-state index contributed by atoms with van der Waals surface area (Å²) in [5.41, 5.74) is 0.954. The Morgan fingerprint density at radius 3 is 2.45 bits per heavy atom. The molecule has 0 radical (unpaired) electrons. The van der Waals surface area contributed by atoms with Crippen molar-refractivity contribution < 1.29 is 13.7 Å². The zero-order valence-electron chi connectivity index (χ0n) is 10.9. The third kappa shape index (κ3) is 3.11. The van der Waals surface area contributed by atoms with Crippen LogP contribution in [-0.2, 0) is 0 Å². The molecule has 2 aliphatic rings. The van der Waals surface area contributed by atoms with Crippen molar-refractivity contribution in [3.05, 3.63) is 53.2 Å². The minimum absolute atomic E-state index is 0.159. The number of ketones is 1. The minimum Gasteiger partial charge on any atom is -0.360 e. The number of rotatable bonds is 3. The first kappa shape index (κ1) is 13.0. The number of benzene rings is 1. The van der Waals surface area contributed by atoms with Gasteiger partial charge in [-0.05, 0) is 37.1 Å². The second-order valence-electron chi connectivity index (χ2n) is 4.96. The van der Waals surface area contributed by atoms with Crippen molar-refractivity contribution in [1.29, 1.82) is 0 Å². The Kier molecular flexibility index (Phi) is 3.60. The van der Waals surface area contributed by atoms with Crippen molar-refractivity contribution in [2.75, 3.05) is 13.1 Å². The normalized spacial score (nSPS) is 16.2. The molecule has 104 valence electrons. The maximum absolute atomic E-state index is 12.8. The van der Waals surface area contributed by atoms with Crippen LogP contribution in [0.5, 0.6) is 0 Å². The van der Waals surface area contributed by atoms with Crippen LogP contribution in [0, 0.1) is 5.82 Å². The molecule has 5 heteroatoms. The molecule has 4 nitrogen and oxygen atoms in total. The van der Waals surface area contributed by atoms with Crippen molar-refractivity contribution in [2.24, 2.45) is 0 Å².